The molecule has 1 aliphatic rings. The van der Waals surface area contributed by atoms with Crippen molar-refractivity contribution >= 4 is 11.7 Å². The number of fused-ring (bicyclic) bond motifs is 1. The fourth-order valence-electron chi connectivity index (χ4n) is 3.08. The van der Waals surface area contributed by atoms with E-state index in [0.29, 0.717) is 19.8 Å². The second-order valence-corrected chi connectivity index (χ2v) is 6.26. The smallest absolute Gasteiger partial charge is 0.547 e. The van der Waals surface area contributed by atoms with Gasteiger partial charge in [0, 0.05) is 13.0 Å². The first kappa shape index (κ1) is 22.6. The maximum absolute atomic E-state index is 11.1. The van der Waals surface area contributed by atoms with Crippen molar-refractivity contribution in [1.82, 2.24) is 0 Å². The van der Waals surface area contributed by atoms with Gasteiger partial charge in [0.15, 0.2) is 0 Å². The Labute approximate surface area is 187 Å². The molecule has 1 atom stereocenters. The molecule has 0 aliphatic carbocycles. The summed E-state index contributed by atoms with van der Waals surface area (Å²) in [6, 6.07) is 15.4. The van der Waals surface area contributed by atoms with Crippen LogP contribution in [0, 0.1) is 0 Å². The number of nitrogens with zero attached hydrogens (tertiary/aromatic N) is 1. The van der Waals surface area contributed by atoms with Gasteiger partial charge in [-0.15, -0.1) is 0 Å². The Kier molecular flexibility index (Phi) is 9.12. The summed E-state index contributed by atoms with van der Waals surface area (Å²) in [5.41, 5.74) is 1.96. The molecule has 1 unspecified atom stereocenters. The zero-order chi connectivity index (χ0) is 19.1. The first-order valence-corrected chi connectivity index (χ1v) is 9.18. The quantitative estimate of drug-likeness (QED) is 0.492. The number of hydrogen-bond donors (Lipinski definition) is 0. The van der Waals surface area contributed by atoms with Gasteiger partial charge in [-0.1, -0.05) is 24.3 Å². The van der Waals surface area contributed by atoms with Crippen LogP contribution in [0.3, 0.4) is 0 Å². The third-order valence-corrected chi connectivity index (χ3v) is 4.43. The molecule has 1 aliphatic heterocycles. The van der Waals surface area contributed by atoms with Gasteiger partial charge in [-0.3, -0.25) is 0 Å². The van der Waals surface area contributed by atoms with E-state index in [-0.39, 0.29) is 36.0 Å². The summed E-state index contributed by atoms with van der Waals surface area (Å²) in [7, 11) is 0. The summed E-state index contributed by atoms with van der Waals surface area (Å²) in [5.74, 6) is 0.467. The van der Waals surface area contributed by atoms with Crippen LogP contribution >= 0.6 is 0 Å². The van der Waals surface area contributed by atoms with Gasteiger partial charge in [0.1, 0.15) is 30.8 Å². The number of hydrogen-bond acceptors (Lipinski definition) is 6. The normalized spacial score (nSPS) is 13.7. The standard InChI is InChI=1S/C21H25NO5.Na/c1-2-25-20(21(23)24)15-16-7-9-17(10-8-16)26-13-11-22-12-14-27-19-6-4-3-5-18(19)22;/h3-10,20H,2,11-15H2,1H3,(H,23,24);/q;+1/p-1. The van der Waals surface area contributed by atoms with Gasteiger partial charge < -0.3 is 29.0 Å². The van der Waals surface area contributed by atoms with E-state index in [0.717, 1.165) is 35.8 Å². The molecule has 2 aromatic rings. The van der Waals surface area contributed by atoms with Crippen molar-refractivity contribution < 1.29 is 53.7 Å². The molecule has 7 heteroatoms. The van der Waals surface area contributed by atoms with Crippen molar-refractivity contribution in [1.29, 1.82) is 0 Å². The first-order chi connectivity index (χ1) is 13.2. The Hall–Kier alpha value is -1.73. The Bertz CT molecular complexity index is 753. The molecule has 0 aromatic heterocycles. The van der Waals surface area contributed by atoms with Gasteiger partial charge in [0.25, 0.3) is 0 Å². The third-order valence-electron chi connectivity index (χ3n) is 4.43. The van der Waals surface area contributed by atoms with Crippen LogP contribution in [0.5, 0.6) is 11.5 Å². The Morgan fingerprint density at radius 2 is 1.96 bits per heavy atom. The Morgan fingerprint density at radius 1 is 1.21 bits per heavy atom. The molecule has 0 saturated heterocycles. The minimum atomic E-state index is -1.19. The minimum Gasteiger partial charge on any atom is -0.547 e. The van der Waals surface area contributed by atoms with E-state index in [1.165, 1.54) is 0 Å². The second-order valence-electron chi connectivity index (χ2n) is 6.26. The van der Waals surface area contributed by atoms with E-state index in [4.69, 9.17) is 14.2 Å². The number of rotatable bonds is 9. The predicted molar refractivity (Wildman–Crippen MR) is 100 cm³/mol. The second kappa shape index (κ2) is 11.3. The summed E-state index contributed by atoms with van der Waals surface area (Å²) in [6.07, 6.45) is -0.649. The number of carboxylic acids is 1. The Balaban J connectivity index is 0.00000280. The van der Waals surface area contributed by atoms with Gasteiger partial charge in [-0.2, -0.15) is 0 Å². The van der Waals surface area contributed by atoms with Crippen LogP contribution in [0.1, 0.15) is 12.5 Å². The maximum atomic E-state index is 11.1. The average Bonchev–Trinajstić information content (AvgIpc) is 2.69. The molecule has 0 amide bonds. The molecule has 0 fully saturated rings. The predicted octanol–water partition coefficient (Wildman–Crippen LogP) is -1.33. The maximum Gasteiger partial charge on any atom is 1.00 e. The molecule has 0 spiro atoms. The molecule has 144 valence electrons. The van der Waals surface area contributed by atoms with Crippen LogP contribution in [-0.4, -0.2) is 45.0 Å². The number of para-hydroxylation sites is 2. The summed E-state index contributed by atoms with van der Waals surface area (Å²) in [5, 5.41) is 11.1. The largest absolute Gasteiger partial charge is 1.00 e. The molecule has 0 N–H and O–H groups in total. The van der Waals surface area contributed by atoms with Gasteiger partial charge in [-0.05, 0) is 36.8 Å². The number of ether oxygens (including phenoxy) is 3. The number of aliphatic carboxylic acids is 1. The molecular weight excluding hydrogens is 369 g/mol. The van der Waals surface area contributed by atoms with E-state index in [1.807, 2.05) is 42.5 Å². The summed E-state index contributed by atoms with van der Waals surface area (Å²) in [6.45, 7) is 4.92. The molecule has 0 bridgehead atoms. The van der Waals surface area contributed by atoms with Crippen molar-refractivity contribution in [3.8, 4) is 11.5 Å². The molecule has 2 aromatic carbocycles. The van der Waals surface area contributed by atoms with Crippen molar-refractivity contribution in [2.24, 2.45) is 0 Å². The molecule has 28 heavy (non-hydrogen) atoms. The van der Waals surface area contributed by atoms with Crippen LogP contribution < -0.4 is 49.0 Å². The fraction of sp³-hybridized carbons (Fsp3) is 0.381. The fourth-order valence-corrected chi connectivity index (χ4v) is 3.08. The molecule has 3 rings (SSSR count). The van der Waals surface area contributed by atoms with E-state index in [1.54, 1.807) is 6.92 Å². The van der Waals surface area contributed by atoms with Crippen molar-refractivity contribution in [2.45, 2.75) is 19.4 Å². The average molecular weight is 393 g/mol. The van der Waals surface area contributed by atoms with Gasteiger partial charge in [-0.25, -0.2) is 0 Å². The van der Waals surface area contributed by atoms with E-state index in [9.17, 15) is 9.90 Å². The van der Waals surface area contributed by atoms with Crippen molar-refractivity contribution in [3.05, 3.63) is 54.1 Å². The number of benzene rings is 2. The molecular formula is C21H24NNaO5. The molecule has 6 nitrogen and oxygen atoms in total. The van der Waals surface area contributed by atoms with Crippen LogP contribution in [0.15, 0.2) is 48.5 Å². The molecule has 0 saturated carbocycles. The zero-order valence-electron chi connectivity index (χ0n) is 16.4. The molecule has 0 radical (unpaired) electrons. The van der Waals surface area contributed by atoms with Gasteiger partial charge in [0.05, 0.1) is 24.7 Å². The van der Waals surface area contributed by atoms with E-state index >= 15 is 0 Å². The zero-order valence-corrected chi connectivity index (χ0v) is 18.4. The summed E-state index contributed by atoms with van der Waals surface area (Å²) >= 11 is 0. The molecule has 1 heterocycles. The van der Waals surface area contributed by atoms with Crippen LogP contribution in [0.25, 0.3) is 0 Å². The van der Waals surface area contributed by atoms with Crippen molar-refractivity contribution in [2.75, 3.05) is 37.8 Å². The van der Waals surface area contributed by atoms with Crippen LogP contribution in [0.2, 0.25) is 0 Å². The first-order valence-electron chi connectivity index (χ1n) is 9.18. The Morgan fingerprint density at radius 3 is 2.68 bits per heavy atom. The number of anilines is 1. The van der Waals surface area contributed by atoms with E-state index in [2.05, 4.69) is 11.0 Å². The monoisotopic (exact) mass is 393 g/mol. The summed E-state index contributed by atoms with van der Waals surface area (Å²) in [4.78, 5) is 13.3. The van der Waals surface area contributed by atoms with E-state index < -0.39 is 12.1 Å². The SMILES string of the molecule is CCOC(Cc1ccc(OCCN2CCOc3ccccc32)cc1)C(=O)[O-].[Na+]. The van der Waals surface area contributed by atoms with Gasteiger partial charge in [0.2, 0.25) is 0 Å². The minimum absolute atomic E-state index is 0. The summed E-state index contributed by atoms with van der Waals surface area (Å²) < 4.78 is 16.7. The number of carbonyl (C=O) groups excluding carboxylic acids is 1. The number of carbonyl (C=O) groups is 1. The van der Waals surface area contributed by atoms with Crippen LogP contribution in [0.4, 0.5) is 5.69 Å². The van der Waals surface area contributed by atoms with Gasteiger partial charge >= 0.3 is 29.6 Å². The third kappa shape index (κ3) is 6.14. The van der Waals surface area contributed by atoms with Crippen molar-refractivity contribution in [3.63, 3.8) is 0 Å². The topological polar surface area (TPSA) is 71.1 Å². The number of carboxylic acid groups (broad SMARTS) is 1. The van der Waals surface area contributed by atoms with Crippen LogP contribution in [-0.2, 0) is 16.0 Å².